The molecule has 1 aliphatic rings. The lowest BCUT2D eigenvalue weighted by Crippen LogP contribution is -2.29. The molecule has 3 aromatic rings. The minimum atomic E-state index is -0.269. The first-order valence-electron chi connectivity index (χ1n) is 9.19. The SMILES string of the molecule is Cc1nn(-c2ccccc2)c(C)c1NC(=O)c1cn(C2CCNCC2)nn1. The maximum absolute atomic E-state index is 12.7. The molecule has 8 heteroatoms. The Morgan fingerprint density at radius 1 is 1.19 bits per heavy atom. The van der Waals surface area contributed by atoms with E-state index in [2.05, 4.69) is 26.0 Å². The molecule has 1 saturated heterocycles. The molecule has 0 spiro atoms. The topological polar surface area (TPSA) is 89.7 Å². The number of anilines is 1. The predicted molar refractivity (Wildman–Crippen MR) is 102 cm³/mol. The zero-order chi connectivity index (χ0) is 18.8. The van der Waals surface area contributed by atoms with Crippen LogP contribution in [-0.2, 0) is 0 Å². The van der Waals surface area contributed by atoms with Gasteiger partial charge in [-0.3, -0.25) is 4.79 Å². The van der Waals surface area contributed by atoms with Gasteiger partial charge in [0, 0.05) is 0 Å². The highest BCUT2D eigenvalue weighted by atomic mass is 16.2. The summed E-state index contributed by atoms with van der Waals surface area (Å²) in [6, 6.07) is 10.1. The van der Waals surface area contributed by atoms with Crippen LogP contribution >= 0.6 is 0 Å². The van der Waals surface area contributed by atoms with Crippen molar-refractivity contribution in [3.8, 4) is 5.69 Å². The first-order valence-corrected chi connectivity index (χ1v) is 9.19. The molecule has 1 fully saturated rings. The normalized spacial score (nSPS) is 15.0. The number of aromatic nitrogens is 5. The van der Waals surface area contributed by atoms with Gasteiger partial charge in [0.05, 0.1) is 35.0 Å². The van der Waals surface area contributed by atoms with Crippen molar-refractivity contribution in [3.05, 3.63) is 53.6 Å². The van der Waals surface area contributed by atoms with E-state index in [9.17, 15) is 4.79 Å². The number of amides is 1. The van der Waals surface area contributed by atoms with Crippen LogP contribution in [-0.4, -0.2) is 43.8 Å². The Balaban J connectivity index is 1.53. The van der Waals surface area contributed by atoms with Gasteiger partial charge in [-0.1, -0.05) is 23.4 Å². The zero-order valence-corrected chi connectivity index (χ0v) is 15.5. The lowest BCUT2D eigenvalue weighted by atomic mass is 10.1. The van der Waals surface area contributed by atoms with Crippen LogP contribution in [0.3, 0.4) is 0 Å². The van der Waals surface area contributed by atoms with E-state index in [0.29, 0.717) is 17.4 Å². The Kier molecular flexibility index (Phi) is 4.72. The Hall–Kier alpha value is -3.00. The van der Waals surface area contributed by atoms with Gasteiger partial charge in [0.1, 0.15) is 0 Å². The van der Waals surface area contributed by atoms with Gasteiger partial charge in [0.25, 0.3) is 5.91 Å². The van der Waals surface area contributed by atoms with Gasteiger partial charge >= 0.3 is 0 Å². The summed E-state index contributed by atoms with van der Waals surface area (Å²) in [7, 11) is 0. The molecule has 0 bridgehead atoms. The number of hydrogen-bond acceptors (Lipinski definition) is 5. The highest BCUT2D eigenvalue weighted by Crippen LogP contribution is 2.23. The van der Waals surface area contributed by atoms with Crippen molar-refractivity contribution in [1.29, 1.82) is 0 Å². The van der Waals surface area contributed by atoms with E-state index < -0.39 is 0 Å². The van der Waals surface area contributed by atoms with E-state index >= 15 is 0 Å². The Morgan fingerprint density at radius 2 is 1.93 bits per heavy atom. The standard InChI is InChI=1S/C19H23N7O/c1-13-18(14(2)26(23-13)16-6-4-3-5-7-16)21-19(27)17-12-25(24-22-17)15-8-10-20-11-9-15/h3-7,12,15,20H,8-11H2,1-2H3,(H,21,27). The molecule has 0 saturated carbocycles. The smallest absolute Gasteiger partial charge is 0.277 e. The lowest BCUT2D eigenvalue weighted by Gasteiger charge is -2.22. The Bertz CT molecular complexity index is 938. The number of nitrogens with zero attached hydrogens (tertiary/aromatic N) is 5. The summed E-state index contributed by atoms with van der Waals surface area (Å²) in [5.74, 6) is -0.269. The monoisotopic (exact) mass is 365 g/mol. The molecule has 0 radical (unpaired) electrons. The summed E-state index contributed by atoms with van der Waals surface area (Å²) in [4.78, 5) is 12.7. The number of benzene rings is 1. The van der Waals surface area contributed by atoms with E-state index in [0.717, 1.165) is 43.0 Å². The van der Waals surface area contributed by atoms with Crippen molar-refractivity contribution >= 4 is 11.6 Å². The largest absolute Gasteiger partial charge is 0.317 e. The summed E-state index contributed by atoms with van der Waals surface area (Å²) in [5.41, 5.74) is 3.61. The molecular weight excluding hydrogens is 342 g/mol. The van der Waals surface area contributed by atoms with Crippen LogP contribution in [0.25, 0.3) is 5.69 Å². The molecule has 1 aromatic carbocycles. The van der Waals surface area contributed by atoms with Crippen LogP contribution < -0.4 is 10.6 Å². The van der Waals surface area contributed by atoms with Crippen molar-refractivity contribution in [2.75, 3.05) is 18.4 Å². The van der Waals surface area contributed by atoms with Gasteiger partial charge in [0.15, 0.2) is 5.69 Å². The number of carbonyl (C=O) groups is 1. The molecule has 0 atom stereocenters. The average molecular weight is 365 g/mol. The third kappa shape index (κ3) is 3.48. The molecule has 0 unspecified atom stereocenters. The molecule has 8 nitrogen and oxygen atoms in total. The molecule has 0 aliphatic carbocycles. The van der Waals surface area contributed by atoms with E-state index in [1.807, 2.05) is 53.5 Å². The van der Waals surface area contributed by atoms with Crippen LogP contribution in [0.2, 0.25) is 0 Å². The van der Waals surface area contributed by atoms with E-state index in [1.165, 1.54) is 0 Å². The molecule has 4 rings (SSSR count). The number of carbonyl (C=O) groups excluding carboxylic acids is 1. The third-order valence-electron chi connectivity index (χ3n) is 4.96. The summed E-state index contributed by atoms with van der Waals surface area (Å²) >= 11 is 0. The number of hydrogen-bond donors (Lipinski definition) is 2. The number of aryl methyl sites for hydroxylation is 1. The molecule has 2 aromatic heterocycles. The molecular formula is C19H23N7O. The fourth-order valence-corrected chi connectivity index (χ4v) is 3.45. The first kappa shape index (κ1) is 17.4. The molecule has 1 aliphatic heterocycles. The summed E-state index contributed by atoms with van der Waals surface area (Å²) < 4.78 is 3.64. The van der Waals surface area contributed by atoms with E-state index in [1.54, 1.807) is 6.20 Å². The Morgan fingerprint density at radius 3 is 2.67 bits per heavy atom. The summed E-state index contributed by atoms with van der Waals surface area (Å²) in [6.45, 7) is 5.74. The first-order chi connectivity index (χ1) is 13.1. The Labute approximate surface area is 157 Å². The van der Waals surface area contributed by atoms with Crippen molar-refractivity contribution in [1.82, 2.24) is 30.1 Å². The van der Waals surface area contributed by atoms with Crippen molar-refractivity contribution in [3.63, 3.8) is 0 Å². The summed E-state index contributed by atoms with van der Waals surface area (Å²) in [5, 5.41) is 19.1. The van der Waals surface area contributed by atoms with Gasteiger partial charge in [-0.2, -0.15) is 5.10 Å². The highest BCUT2D eigenvalue weighted by Gasteiger charge is 2.21. The fraction of sp³-hybridized carbons (Fsp3) is 0.368. The minimum Gasteiger partial charge on any atom is -0.317 e. The van der Waals surface area contributed by atoms with Crippen LogP contribution in [0.5, 0.6) is 0 Å². The van der Waals surface area contributed by atoms with Crippen LogP contribution in [0.15, 0.2) is 36.5 Å². The molecule has 2 N–H and O–H groups in total. The van der Waals surface area contributed by atoms with E-state index in [4.69, 9.17) is 0 Å². The van der Waals surface area contributed by atoms with Crippen molar-refractivity contribution in [2.24, 2.45) is 0 Å². The van der Waals surface area contributed by atoms with Crippen LogP contribution in [0.4, 0.5) is 5.69 Å². The van der Waals surface area contributed by atoms with Crippen LogP contribution in [0.1, 0.15) is 40.8 Å². The van der Waals surface area contributed by atoms with Crippen molar-refractivity contribution in [2.45, 2.75) is 32.7 Å². The van der Waals surface area contributed by atoms with Gasteiger partial charge in [-0.05, 0) is 51.9 Å². The summed E-state index contributed by atoms with van der Waals surface area (Å²) in [6.07, 6.45) is 3.72. The maximum atomic E-state index is 12.7. The molecule has 140 valence electrons. The number of piperidine rings is 1. The number of nitrogens with one attached hydrogen (secondary N) is 2. The third-order valence-corrected chi connectivity index (χ3v) is 4.96. The highest BCUT2D eigenvalue weighted by molar-refractivity contribution is 6.03. The second-order valence-electron chi connectivity index (χ2n) is 6.81. The molecule has 3 heterocycles. The van der Waals surface area contributed by atoms with Gasteiger partial charge in [0.2, 0.25) is 0 Å². The molecule has 1 amide bonds. The predicted octanol–water partition coefficient (Wildman–Crippen LogP) is 2.26. The van der Waals surface area contributed by atoms with E-state index in [-0.39, 0.29) is 5.91 Å². The number of rotatable bonds is 4. The minimum absolute atomic E-state index is 0.269. The average Bonchev–Trinajstić information content (AvgIpc) is 3.30. The lowest BCUT2D eigenvalue weighted by molar-refractivity contribution is 0.102. The maximum Gasteiger partial charge on any atom is 0.277 e. The molecule has 27 heavy (non-hydrogen) atoms. The fourth-order valence-electron chi connectivity index (χ4n) is 3.45. The van der Waals surface area contributed by atoms with Gasteiger partial charge in [-0.25, -0.2) is 9.36 Å². The second kappa shape index (κ2) is 7.32. The second-order valence-corrected chi connectivity index (χ2v) is 6.81. The van der Waals surface area contributed by atoms with Crippen LogP contribution in [0, 0.1) is 13.8 Å². The van der Waals surface area contributed by atoms with Gasteiger partial charge < -0.3 is 10.6 Å². The number of para-hydroxylation sites is 1. The van der Waals surface area contributed by atoms with Crippen molar-refractivity contribution < 1.29 is 4.79 Å². The zero-order valence-electron chi connectivity index (χ0n) is 15.5. The van der Waals surface area contributed by atoms with Gasteiger partial charge in [-0.15, -0.1) is 5.10 Å². The quantitative estimate of drug-likeness (QED) is 0.740.